The van der Waals surface area contributed by atoms with Gasteiger partial charge < -0.3 is 76.4 Å². The molecule has 0 bridgehead atoms. The minimum absolute atomic E-state index is 0.0209. The molecule has 0 saturated carbocycles. The number of carbonyl (C=O) groups is 6. The average Bonchev–Trinajstić information content (AvgIpc) is 0.806. The summed E-state index contributed by atoms with van der Waals surface area (Å²) >= 11 is 0. The highest BCUT2D eigenvalue weighted by atomic mass is 19.1. The van der Waals surface area contributed by atoms with E-state index < -0.39 is 29.5 Å². The summed E-state index contributed by atoms with van der Waals surface area (Å²) in [6, 6.07) is 33.7. The molecule has 9 aromatic rings. The number of rotatable bonds is 21. The van der Waals surface area contributed by atoms with Gasteiger partial charge in [-0.05, 0) is 168 Å². The molecule has 25 nitrogen and oxygen atoms in total. The van der Waals surface area contributed by atoms with Crippen molar-refractivity contribution in [3.8, 4) is 0 Å². The van der Waals surface area contributed by atoms with Gasteiger partial charge >= 0.3 is 17.9 Å². The third-order valence-corrected chi connectivity index (χ3v) is 19.2. The van der Waals surface area contributed by atoms with Crippen LogP contribution in [0, 0.1) is 25.5 Å². The number of aryl methyl sites for hydroxylation is 2. The fourth-order valence-electron chi connectivity index (χ4n) is 13.7. The standard InChI is InChI=1S/C28H33FN4O4.C27H31FN4O4.C26H32N4O5/c1-5-37-28(36)24-25(22-18-19(2)6-11-23(22)33(27(24)35)17-12-30(3)4)31-13-15-32(16-14-31)26(34)20-7-9-21(29)10-8-20;1-4-36-27(35)23-24(21-7-5-6-8-22(21)32(26(23)34)18-13-29(2)3)30-14-16-31(17-15-30)25(33)19-9-11-20(28)12-10-19;1-5-34-26(33)22-23(28-11-13-29(14-12-28)24(31)21-7-6-16-35-21)19-17-18(2)8-9-20(19)30(25(22)32)15-10-27(3)4/h6-11,18H,5,12-17H2,1-4H3;5-12H,4,13-18H2,1-3H3;6-9,16-17H,5,10-15H2,1-4H3. The normalized spacial score (nSPS) is 14.0. The summed E-state index contributed by atoms with van der Waals surface area (Å²) in [4.78, 5) is 136. The molecular weight excluding hydrogens is 1390 g/mol. The Bertz CT molecular complexity index is 4920. The molecule has 0 radical (unpaired) electrons. The summed E-state index contributed by atoms with van der Waals surface area (Å²) in [5.74, 6) is -2.92. The minimum atomic E-state index is -0.647. The fraction of sp³-hybridized carbons (Fsp3) is 0.395. The van der Waals surface area contributed by atoms with Crippen molar-refractivity contribution in [3.05, 3.63) is 215 Å². The van der Waals surface area contributed by atoms with Crippen molar-refractivity contribution in [2.75, 3.05) is 175 Å². The third-order valence-electron chi connectivity index (χ3n) is 19.2. The number of esters is 3. The SMILES string of the molecule is CCOC(=O)c1c(N2CCN(C(=O)c3ccc(F)cc3)CC2)c2cc(C)ccc2n(CCN(C)C)c1=O.CCOC(=O)c1c(N2CCN(C(=O)c3ccc(F)cc3)CC2)c2ccccc2n(CCN(C)C)c1=O.CCOC(=O)c1c(N2CCN(C(=O)c3ccco3)CC2)c2cc(C)ccc2n(CCN(C)C)c1=O. The smallest absolute Gasteiger partial charge is 0.345 e. The first-order chi connectivity index (χ1) is 51.8. The molecule has 5 aromatic carbocycles. The summed E-state index contributed by atoms with van der Waals surface area (Å²) in [6.07, 6.45) is 1.48. The zero-order valence-corrected chi connectivity index (χ0v) is 63.4. The molecule has 7 heterocycles. The Morgan fingerprint density at radius 3 is 1.05 bits per heavy atom. The van der Waals surface area contributed by atoms with Crippen LogP contribution in [0.2, 0.25) is 0 Å². The number of fused-ring (bicyclic) bond motifs is 3. The highest BCUT2D eigenvalue weighted by Crippen LogP contribution is 2.35. The van der Waals surface area contributed by atoms with E-state index in [9.17, 15) is 51.9 Å². The van der Waals surface area contributed by atoms with Crippen LogP contribution in [0.4, 0.5) is 25.8 Å². The topological polar surface area (TPSA) is 238 Å². The van der Waals surface area contributed by atoms with Gasteiger partial charge in [0.2, 0.25) is 0 Å². The van der Waals surface area contributed by atoms with Gasteiger partial charge in [0.25, 0.3) is 34.4 Å². The second-order valence-corrected chi connectivity index (χ2v) is 27.5. The lowest BCUT2D eigenvalue weighted by atomic mass is 10.0. The van der Waals surface area contributed by atoms with Crippen LogP contribution in [0.3, 0.4) is 0 Å². The number of carbonyl (C=O) groups excluding carboxylic acids is 6. The van der Waals surface area contributed by atoms with E-state index in [-0.39, 0.29) is 70.9 Å². The van der Waals surface area contributed by atoms with Gasteiger partial charge in [-0.25, -0.2) is 23.2 Å². The number of anilines is 3. The molecule has 0 aliphatic carbocycles. The second kappa shape index (κ2) is 36.0. The average molecular weight is 1480 g/mol. The highest BCUT2D eigenvalue weighted by molar-refractivity contribution is 6.08. The number of pyridine rings is 3. The van der Waals surface area contributed by atoms with Crippen molar-refractivity contribution in [1.29, 1.82) is 0 Å². The molecule has 3 saturated heterocycles. The van der Waals surface area contributed by atoms with Crippen molar-refractivity contribution in [2.24, 2.45) is 0 Å². The maximum atomic E-state index is 13.8. The molecule has 0 unspecified atom stereocenters. The number of furan rings is 1. The van der Waals surface area contributed by atoms with Crippen LogP contribution in [0.15, 0.2) is 146 Å². The van der Waals surface area contributed by atoms with Gasteiger partial charge in [0.1, 0.15) is 28.3 Å². The number of halogens is 2. The number of likely N-dealkylation sites (N-methyl/N-ethyl adjacent to an activating group) is 3. The number of ether oxygens (including phenoxy) is 3. The third kappa shape index (κ3) is 18.1. The van der Waals surface area contributed by atoms with Crippen molar-refractivity contribution >= 4 is 85.4 Å². The Hall–Kier alpha value is -11.0. The molecule has 12 rings (SSSR count). The molecule has 4 aromatic heterocycles. The zero-order chi connectivity index (χ0) is 77.6. The Morgan fingerprint density at radius 1 is 0.398 bits per heavy atom. The van der Waals surface area contributed by atoms with Crippen LogP contribution < -0.4 is 31.4 Å². The number of benzene rings is 5. The lowest BCUT2D eigenvalue weighted by Gasteiger charge is -2.37. The lowest BCUT2D eigenvalue weighted by molar-refractivity contribution is 0.0514. The number of nitrogens with zero attached hydrogens (tertiary/aromatic N) is 12. The van der Waals surface area contributed by atoms with E-state index in [1.807, 2.05) is 146 Å². The van der Waals surface area contributed by atoms with Gasteiger partial charge in [-0.3, -0.25) is 28.8 Å². The van der Waals surface area contributed by atoms with Gasteiger partial charge in [-0.1, -0.05) is 41.5 Å². The largest absolute Gasteiger partial charge is 0.462 e. The summed E-state index contributed by atoms with van der Waals surface area (Å²) in [5, 5.41) is 2.43. The summed E-state index contributed by atoms with van der Waals surface area (Å²) in [7, 11) is 11.6. The van der Waals surface area contributed by atoms with Gasteiger partial charge in [0.15, 0.2) is 5.76 Å². The van der Waals surface area contributed by atoms with Crippen molar-refractivity contribution in [2.45, 2.75) is 54.3 Å². The molecule has 3 aliphatic heterocycles. The molecule has 0 spiro atoms. The maximum absolute atomic E-state index is 13.8. The molecular formula is C81H96F2N12O13. The van der Waals surface area contributed by atoms with E-state index in [2.05, 4.69) is 0 Å². The molecule has 0 N–H and O–H groups in total. The van der Waals surface area contributed by atoms with Gasteiger partial charge in [0, 0.05) is 145 Å². The van der Waals surface area contributed by atoms with Crippen LogP contribution in [0.25, 0.3) is 32.7 Å². The van der Waals surface area contributed by atoms with Crippen molar-refractivity contribution in [3.63, 3.8) is 0 Å². The minimum Gasteiger partial charge on any atom is -0.462 e. The van der Waals surface area contributed by atoms with Gasteiger partial charge in [0.05, 0.1) is 59.7 Å². The Kier molecular flexibility index (Phi) is 26.5. The number of piperazine rings is 3. The molecule has 3 aliphatic rings. The molecule has 3 fully saturated rings. The predicted molar refractivity (Wildman–Crippen MR) is 413 cm³/mol. The summed E-state index contributed by atoms with van der Waals surface area (Å²) < 4.78 is 52.8. The number of hydrogen-bond acceptors (Lipinski definition) is 19. The number of amides is 3. The fourth-order valence-corrected chi connectivity index (χ4v) is 13.7. The second-order valence-electron chi connectivity index (χ2n) is 27.5. The van der Waals surface area contributed by atoms with Gasteiger partial charge in [-0.15, -0.1) is 0 Å². The van der Waals surface area contributed by atoms with Crippen LogP contribution in [-0.2, 0) is 33.8 Å². The van der Waals surface area contributed by atoms with Crippen LogP contribution in [0.1, 0.15) is 94.2 Å². The molecule has 27 heteroatoms. The maximum Gasteiger partial charge on any atom is 0.345 e. The molecule has 572 valence electrons. The summed E-state index contributed by atoms with van der Waals surface area (Å²) in [5.41, 5.74) is 5.82. The van der Waals surface area contributed by atoms with E-state index in [0.29, 0.717) is 152 Å². The number of hydrogen-bond donors (Lipinski definition) is 0. The van der Waals surface area contributed by atoms with Crippen molar-refractivity contribution < 1.29 is 56.2 Å². The summed E-state index contributed by atoms with van der Waals surface area (Å²) in [6.45, 7) is 18.0. The quantitative estimate of drug-likeness (QED) is 0.0483. The highest BCUT2D eigenvalue weighted by Gasteiger charge is 2.35. The van der Waals surface area contributed by atoms with Crippen LogP contribution >= 0.6 is 0 Å². The molecule has 0 atom stereocenters. The first-order valence-electron chi connectivity index (χ1n) is 36.5. The van der Waals surface area contributed by atoms with Crippen LogP contribution in [0.5, 0.6) is 0 Å². The lowest BCUT2D eigenvalue weighted by Crippen LogP contribution is -2.50. The van der Waals surface area contributed by atoms with Crippen molar-refractivity contribution in [1.82, 2.24) is 43.1 Å². The Morgan fingerprint density at radius 2 is 0.722 bits per heavy atom. The zero-order valence-electron chi connectivity index (χ0n) is 63.4. The van der Waals surface area contributed by atoms with E-state index in [1.54, 1.807) is 61.3 Å². The number of para-hydroxylation sites is 1. The Labute approximate surface area is 626 Å². The molecule has 3 amide bonds. The van der Waals surface area contributed by atoms with Crippen LogP contribution in [-0.4, -0.2) is 239 Å². The Balaban J connectivity index is 0.000000173. The monoisotopic (exact) mass is 1480 g/mol. The van der Waals surface area contributed by atoms with E-state index in [0.717, 1.165) is 43.8 Å². The predicted octanol–water partition coefficient (Wildman–Crippen LogP) is 8.59. The van der Waals surface area contributed by atoms with E-state index in [4.69, 9.17) is 18.6 Å². The first kappa shape index (κ1) is 79.5. The number of aromatic nitrogens is 3. The van der Waals surface area contributed by atoms with E-state index >= 15 is 0 Å². The van der Waals surface area contributed by atoms with E-state index in [1.165, 1.54) is 54.8 Å². The first-order valence-corrected chi connectivity index (χ1v) is 36.5. The van der Waals surface area contributed by atoms with Gasteiger partial charge in [-0.2, -0.15) is 0 Å². The molecule has 108 heavy (non-hydrogen) atoms.